The summed E-state index contributed by atoms with van der Waals surface area (Å²) < 4.78 is 0. The summed E-state index contributed by atoms with van der Waals surface area (Å²) in [5, 5.41) is 12.1. The first-order valence-electron chi connectivity index (χ1n) is 6.08. The number of thiazole rings is 1. The van der Waals surface area contributed by atoms with Gasteiger partial charge in [-0.05, 0) is 31.8 Å². The van der Waals surface area contributed by atoms with Crippen LogP contribution in [0.5, 0.6) is 0 Å². The van der Waals surface area contributed by atoms with Crippen LogP contribution in [0.1, 0.15) is 23.5 Å². The Bertz CT molecular complexity index is 450. The fourth-order valence-corrected chi connectivity index (χ4v) is 2.65. The van der Waals surface area contributed by atoms with Crippen molar-refractivity contribution in [2.45, 2.75) is 25.9 Å². The van der Waals surface area contributed by atoms with Gasteiger partial charge in [0.25, 0.3) is 0 Å². The molecule has 1 N–H and O–H groups in total. The molecule has 0 radical (unpaired) electrons. The van der Waals surface area contributed by atoms with Gasteiger partial charge in [-0.3, -0.25) is 4.79 Å². The van der Waals surface area contributed by atoms with E-state index in [-0.39, 0.29) is 12.0 Å². The second kappa shape index (κ2) is 5.63. The maximum Gasteiger partial charge on any atom is 0.246 e. The van der Waals surface area contributed by atoms with Gasteiger partial charge in [0.05, 0.1) is 16.8 Å². The summed E-state index contributed by atoms with van der Waals surface area (Å²) >= 11 is 1.57. The number of rotatable bonds is 4. The molecule has 1 aliphatic carbocycles. The van der Waals surface area contributed by atoms with E-state index in [4.69, 9.17) is 0 Å². The van der Waals surface area contributed by atoms with Gasteiger partial charge in [0, 0.05) is 25.0 Å². The first-order chi connectivity index (χ1) is 8.54. The number of likely N-dealkylation sites (N-methyl/N-ethyl adjacent to an activating group) is 1. The fraction of sp³-hybridized carbons (Fsp3) is 0.538. The van der Waals surface area contributed by atoms with E-state index in [1.54, 1.807) is 35.4 Å². The van der Waals surface area contributed by atoms with Gasteiger partial charge < -0.3 is 10.0 Å². The zero-order valence-electron chi connectivity index (χ0n) is 10.7. The number of aliphatic hydroxyl groups excluding tert-OH is 1. The summed E-state index contributed by atoms with van der Waals surface area (Å²) in [5.74, 6) is 0.436. The molecule has 0 unspecified atom stereocenters. The molecule has 1 amide bonds. The van der Waals surface area contributed by atoms with Crippen molar-refractivity contribution in [3.05, 3.63) is 22.2 Å². The molecule has 0 atom stereocenters. The molecule has 0 saturated heterocycles. The molecule has 4 nitrogen and oxygen atoms in total. The van der Waals surface area contributed by atoms with Gasteiger partial charge in [0.2, 0.25) is 5.91 Å². The molecule has 1 fully saturated rings. The van der Waals surface area contributed by atoms with Crippen molar-refractivity contribution in [3.63, 3.8) is 0 Å². The van der Waals surface area contributed by atoms with Crippen LogP contribution in [0.3, 0.4) is 0 Å². The Morgan fingerprint density at radius 2 is 2.39 bits per heavy atom. The van der Waals surface area contributed by atoms with E-state index in [1.165, 1.54) is 0 Å². The summed E-state index contributed by atoms with van der Waals surface area (Å²) in [4.78, 5) is 17.8. The highest BCUT2D eigenvalue weighted by Crippen LogP contribution is 2.27. The second-order valence-corrected chi connectivity index (χ2v) is 5.90. The highest BCUT2D eigenvalue weighted by molar-refractivity contribution is 7.09. The highest BCUT2D eigenvalue weighted by atomic mass is 32.1. The van der Waals surface area contributed by atoms with Gasteiger partial charge in [-0.25, -0.2) is 4.98 Å². The maximum atomic E-state index is 11.8. The van der Waals surface area contributed by atoms with Crippen molar-refractivity contribution in [1.29, 1.82) is 0 Å². The summed E-state index contributed by atoms with van der Waals surface area (Å²) in [7, 11) is 1.80. The largest absolute Gasteiger partial charge is 0.393 e. The number of aromatic nitrogens is 1. The van der Waals surface area contributed by atoms with Crippen LogP contribution in [-0.2, 0) is 4.79 Å². The lowest BCUT2D eigenvalue weighted by Crippen LogP contribution is -2.38. The van der Waals surface area contributed by atoms with Crippen LogP contribution >= 0.6 is 11.3 Å². The van der Waals surface area contributed by atoms with Crippen LogP contribution in [0.25, 0.3) is 6.08 Å². The number of nitrogens with zero attached hydrogens (tertiary/aromatic N) is 2. The van der Waals surface area contributed by atoms with Gasteiger partial charge in [-0.2, -0.15) is 0 Å². The molecule has 1 heterocycles. The molecule has 1 aromatic heterocycles. The zero-order chi connectivity index (χ0) is 13.1. The molecule has 0 spiro atoms. The molecule has 0 aromatic carbocycles. The van der Waals surface area contributed by atoms with Crippen LogP contribution < -0.4 is 0 Å². The number of hydrogen-bond acceptors (Lipinski definition) is 4. The van der Waals surface area contributed by atoms with Gasteiger partial charge >= 0.3 is 0 Å². The first-order valence-corrected chi connectivity index (χ1v) is 6.96. The summed E-state index contributed by atoms with van der Waals surface area (Å²) in [5.41, 5.74) is 0.832. The molecule has 1 saturated carbocycles. The third-order valence-electron chi connectivity index (χ3n) is 3.15. The van der Waals surface area contributed by atoms with E-state index in [0.717, 1.165) is 30.1 Å². The second-order valence-electron chi connectivity index (χ2n) is 4.83. The maximum absolute atomic E-state index is 11.8. The van der Waals surface area contributed by atoms with E-state index in [1.807, 2.05) is 12.3 Å². The minimum atomic E-state index is -0.160. The summed E-state index contributed by atoms with van der Waals surface area (Å²) in [6.45, 7) is 2.66. The van der Waals surface area contributed by atoms with E-state index in [9.17, 15) is 9.90 Å². The Kier molecular flexibility index (Phi) is 4.14. The van der Waals surface area contributed by atoms with Crippen molar-refractivity contribution >= 4 is 23.3 Å². The smallest absolute Gasteiger partial charge is 0.246 e. The Balaban J connectivity index is 1.81. The molecule has 1 aromatic rings. The fourth-order valence-electron chi connectivity index (χ4n) is 2.07. The highest BCUT2D eigenvalue weighted by Gasteiger charge is 2.28. The van der Waals surface area contributed by atoms with Crippen molar-refractivity contribution < 1.29 is 9.90 Å². The lowest BCUT2D eigenvalue weighted by molar-refractivity contribution is -0.126. The monoisotopic (exact) mass is 266 g/mol. The van der Waals surface area contributed by atoms with E-state index >= 15 is 0 Å². The quantitative estimate of drug-likeness (QED) is 0.844. The average molecular weight is 266 g/mol. The minimum absolute atomic E-state index is 0.0120. The van der Waals surface area contributed by atoms with Crippen LogP contribution in [0.2, 0.25) is 0 Å². The molecular weight excluding hydrogens is 248 g/mol. The number of aryl methyl sites for hydroxylation is 1. The lowest BCUT2D eigenvalue weighted by atomic mass is 9.82. The minimum Gasteiger partial charge on any atom is -0.393 e. The van der Waals surface area contributed by atoms with Crippen molar-refractivity contribution in [2.75, 3.05) is 13.6 Å². The molecule has 1 aliphatic rings. The number of amides is 1. The number of carbonyl (C=O) groups is 1. The SMILES string of the molecule is Cc1nc(C=CC(=O)N(C)CC2CC(O)C2)cs1. The first kappa shape index (κ1) is 13.2. The van der Waals surface area contributed by atoms with Crippen LogP contribution in [0.4, 0.5) is 0 Å². The van der Waals surface area contributed by atoms with Crippen molar-refractivity contribution in [1.82, 2.24) is 9.88 Å². The van der Waals surface area contributed by atoms with E-state index < -0.39 is 0 Å². The molecule has 0 bridgehead atoms. The third kappa shape index (κ3) is 3.40. The Labute approximate surface area is 111 Å². The van der Waals surface area contributed by atoms with Crippen molar-refractivity contribution in [2.24, 2.45) is 5.92 Å². The summed E-state index contributed by atoms with van der Waals surface area (Å²) in [6, 6.07) is 0. The molecule has 5 heteroatoms. The standard InChI is InChI=1S/C13H18N2O2S/c1-9-14-11(8-18-9)3-4-13(17)15(2)7-10-5-12(16)6-10/h3-4,8,10,12,16H,5-7H2,1-2H3. The molecular formula is C13H18N2O2S. The van der Waals surface area contributed by atoms with E-state index in [2.05, 4.69) is 4.98 Å². The number of hydrogen-bond donors (Lipinski definition) is 1. The van der Waals surface area contributed by atoms with Crippen molar-refractivity contribution in [3.8, 4) is 0 Å². The third-order valence-corrected chi connectivity index (χ3v) is 3.94. The summed E-state index contributed by atoms with van der Waals surface area (Å²) in [6.07, 6.45) is 4.77. The predicted molar refractivity (Wildman–Crippen MR) is 72.3 cm³/mol. The predicted octanol–water partition coefficient (Wildman–Crippen LogP) is 1.69. The van der Waals surface area contributed by atoms with Crippen LogP contribution in [0.15, 0.2) is 11.5 Å². The zero-order valence-corrected chi connectivity index (χ0v) is 11.5. The molecule has 2 rings (SSSR count). The van der Waals surface area contributed by atoms with Crippen LogP contribution in [-0.4, -0.2) is 40.6 Å². The number of aliphatic hydroxyl groups is 1. The Morgan fingerprint density at radius 3 is 2.94 bits per heavy atom. The molecule has 0 aliphatic heterocycles. The Morgan fingerprint density at radius 1 is 1.67 bits per heavy atom. The van der Waals surface area contributed by atoms with Gasteiger partial charge in [-0.15, -0.1) is 11.3 Å². The van der Waals surface area contributed by atoms with Gasteiger partial charge in [0.15, 0.2) is 0 Å². The normalized spacial score (nSPS) is 23.1. The van der Waals surface area contributed by atoms with Gasteiger partial charge in [0.1, 0.15) is 0 Å². The molecule has 18 heavy (non-hydrogen) atoms. The lowest BCUT2D eigenvalue weighted by Gasteiger charge is -2.34. The topological polar surface area (TPSA) is 53.4 Å². The Hall–Kier alpha value is -1.20. The van der Waals surface area contributed by atoms with E-state index in [0.29, 0.717) is 5.92 Å². The van der Waals surface area contributed by atoms with Crippen LogP contribution in [0, 0.1) is 12.8 Å². The molecule has 98 valence electrons. The van der Waals surface area contributed by atoms with Gasteiger partial charge in [-0.1, -0.05) is 0 Å². The average Bonchev–Trinajstić information content (AvgIpc) is 2.69. The number of carbonyl (C=O) groups excluding carboxylic acids is 1.